The highest BCUT2D eigenvalue weighted by Crippen LogP contribution is 1.76. The second-order valence-electron chi connectivity index (χ2n) is 2.63. The molecule has 0 aromatic carbocycles. The number of esters is 1. The van der Waals surface area contributed by atoms with Gasteiger partial charge in [0.1, 0.15) is 6.54 Å². The van der Waals surface area contributed by atoms with Gasteiger partial charge < -0.3 is 21.1 Å². The average Bonchev–Trinajstić information content (AvgIpc) is 2.14. The van der Waals surface area contributed by atoms with Crippen molar-refractivity contribution < 1.29 is 19.1 Å². The molecule has 0 radical (unpaired) electrons. The first-order chi connectivity index (χ1) is 7.06. The van der Waals surface area contributed by atoms with Gasteiger partial charge in [-0.05, 0) is 6.92 Å². The zero-order valence-corrected chi connectivity index (χ0v) is 8.54. The van der Waals surface area contributed by atoms with Crippen molar-refractivity contribution >= 4 is 17.9 Å². The first-order valence-electron chi connectivity index (χ1n) is 4.52. The molecule has 0 aliphatic rings. The van der Waals surface area contributed by atoms with Crippen LogP contribution in [0.4, 0.5) is 4.79 Å². The van der Waals surface area contributed by atoms with Gasteiger partial charge in [0.2, 0.25) is 5.91 Å². The van der Waals surface area contributed by atoms with Gasteiger partial charge in [0.05, 0.1) is 6.61 Å². The molecular formula is C8H15N3O4. The Morgan fingerprint density at radius 3 is 2.47 bits per heavy atom. The van der Waals surface area contributed by atoms with Crippen molar-refractivity contribution in [3.05, 3.63) is 0 Å². The highest BCUT2D eigenvalue weighted by Gasteiger charge is 2.04. The molecule has 0 spiro atoms. The predicted octanol–water partition coefficient (Wildman–Crippen LogP) is -1.28. The summed E-state index contributed by atoms with van der Waals surface area (Å²) < 4.78 is 4.58. The molecule has 0 saturated heterocycles. The predicted molar refractivity (Wildman–Crippen MR) is 51.8 cm³/mol. The van der Waals surface area contributed by atoms with Crippen LogP contribution >= 0.6 is 0 Å². The standard InChI is InChI=1S/C8H15N3O4/c1-2-15-7(13)5-11-8(14)10-4-3-6(9)12/h2-5H2,1H3,(H2,9,12)(H2,10,11,14). The monoisotopic (exact) mass is 217 g/mol. The average molecular weight is 217 g/mol. The first-order valence-corrected chi connectivity index (χ1v) is 4.52. The molecule has 0 atom stereocenters. The zero-order valence-electron chi connectivity index (χ0n) is 8.54. The normalized spacial score (nSPS) is 9.13. The molecule has 0 aromatic rings. The minimum absolute atomic E-state index is 0.0623. The lowest BCUT2D eigenvalue weighted by Gasteiger charge is -2.05. The maximum Gasteiger partial charge on any atom is 0.325 e. The number of primary amides is 1. The SMILES string of the molecule is CCOC(=O)CNC(=O)NCCC(N)=O. The van der Waals surface area contributed by atoms with Crippen LogP contribution in [-0.2, 0) is 14.3 Å². The first kappa shape index (κ1) is 13.2. The molecule has 0 aliphatic carbocycles. The van der Waals surface area contributed by atoms with E-state index in [-0.39, 0.29) is 26.1 Å². The Morgan fingerprint density at radius 2 is 1.93 bits per heavy atom. The molecule has 0 aromatic heterocycles. The smallest absolute Gasteiger partial charge is 0.325 e. The van der Waals surface area contributed by atoms with E-state index in [0.717, 1.165) is 0 Å². The second kappa shape index (κ2) is 7.60. The van der Waals surface area contributed by atoms with Crippen LogP contribution in [0.5, 0.6) is 0 Å². The summed E-state index contributed by atoms with van der Waals surface area (Å²) in [5.41, 5.74) is 4.86. The minimum atomic E-state index is -0.538. The summed E-state index contributed by atoms with van der Waals surface area (Å²) in [7, 11) is 0. The van der Waals surface area contributed by atoms with Gasteiger partial charge in [-0.3, -0.25) is 9.59 Å². The van der Waals surface area contributed by atoms with Crippen molar-refractivity contribution in [1.82, 2.24) is 10.6 Å². The van der Waals surface area contributed by atoms with Gasteiger partial charge in [0.15, 0.2) is 0 Å². The van der Waals surface area contributed by atoms with Crippen molar-refractivity contribution in [2.24, 2.45) is 5.73 Å². The van der Waals surface area contributed by atoms with Crippen molar-refractivity contribution in [2.75, 3.05) is 19.7 Å². The van der Waals surface area contributed by atoms with Gasteiger partial charge in [-0.25, -0.2) is 4.79 Å². The highest BCUT2D eigenvalue weighted by atomic mass is 16.5. The van der Waals surface area contributed by atoms with Gasteiger partial charge >= 0.3 is 12.0 Å². The third-order valence-electron chi connectivity index (χ3n) is 1.36. The Kier molecular flexibility index (Phi) is 6.69. The van der Waals surface area contributed by atoms with E-state index in [1.807, 2.05) is 0 Å². The summed E-state index contributed by atoms with van der Waals surface area (Å²) >= 11 is 0. The zero-order chi connectivity index (χ0) is 11.7. The van der Waals surface area contributed by atoms with Gasteiger partial charge in [-0.15, -0.1) is 0 Å². The number of hydrogen-bond donors (Lipinski definition) is 3. The van der Waals surface area contributed by atoms with E-state index in [0.29, 0.717) is 0 Å². The second-order valence-corrected chi connectivity index (χ2v) is 2.63. The van der Waals surface area contributed by atoms with Crippen LogP contribution in [0.2, 0.25) is 0 Å². The van der Waals surface area contributed by atoms with Crippen LogP contribution in [0.25, 0.3) is 0 Å². The third kappa shape index (κ3) is 8.54. The molecule has 0 bridgehead atoms. The number of carbonyl (C=O) groups excluding carboxylic acids is 3. The molecule has 0 fully saturated rings. The molecular weight excluding hydrogens is 202 g/mol. The summed E-state index contributed by atoms with van der Waals surface area (Å²) in [6.45, 7) is 1.88. The van der Waals surface area contributed by atoms with Crippen LogP contribution in [0.1, 0.15) is 13.3 Å². The Hall–Kier alpha value is -1.79. The maximum absolute atomic E-state index is 11.0. The summed E-state index contributed by atoms with van der Waals surface area (Å²) in [6, 6.07) is -0.538. The number of ether oxygens (including phenoxy) is 1. The van der Waals surface area contributed by atoms with E-state index in [1.165, 1.54) is 0 Å². The number of nitrogens with two attached hydrogens (primary N) is 1. The minimum Gasteiger partial charge on any atom is -0.465 e. The molecule has 7 heteroatoms. The fourth-order valence-corrected chi connectivity index (χ4v) is 0.726. The fourth-order valence-electron chi connectivity index (χ4n) is 0.726. The van der Waals surface area contributed by atoms with E-state index in [4.69, 9.17) is 5.73 Å². The Balaban J connectivity index is 3.49. The van der Waals surface area contributed by atoms with Crippen molar-refractivity contribution in [3.63, 3.8) is 0 Å². The number of carbonyl (C=O) groups is 3. The van der Waals surface area contributed by atoms with Crippen LogP contribution in [0.3, 0.4) is 0 Å². The Morgan fingerprint density at radius 1 is 1.27 bits per heavy atom. The number of amides is 3. The molecule has 0 aliphatic heterocycles. The van der Waals surface area contributed by atoms with Crippen LogP contribution in [-0.4, -0.2) is 37.6 Å². The van der Waals surface area contributed by atoms with Gasteiger partial charge in [-0.2, -0.15) is 0 Å². The number of hydrogen-bond acceptors (Lipinski definition) is 4. The number of rotatable bonds is 6. The van der Waals surface area contributed by atoms with Crippen molar-refractivity contribution in [1.29, 1.82) is 0 Å². The van der Waals surface area contributed by atoms with Gasteiger partial charge in [-0.1, -0.05) is 0 Å². The highest BCUT2D eigenvalue weighted by molar-refractivity contribution is 5.81. The van der Waals surface area contributed by atoms with E-state index in [1.54, 1.807) is 6.92 Å². The Labute approximate surface area is 87.3 Å². The van der Waals surface area contributed by atoms with Crippen molar-refractivity contribution in [3.8, 4) is 0 Å². The number of nitrogens with one attached hydrogen (secondary N) is 2. The summed E-state index contributed by atoms with van der Waals surface area (Å²) in [4.78, 5) is 32.1. The van der Waals surface area contributed by atoms with E-state index < -0.39 is 17.9 Å². The molecule has 0 rings (SSSR count). The maximum atomic E-state index is 11.0. The lowest BCUT2D eigenvalue weighted by molar-refractivity contribution is -0.141. The summed E-state index contributed by atoms with van der Waals surface area (Å²) in [5.74, 6) is -1.01. The molecule has 15 heavy (non-hydrogen) atoms. The largest absolute Gasteiger partial charge is 0.465 e. The van der Waals surface area contributed by atoms with Crippen molar-refractivity contribution in [2.45, 2.75) is 13.3 Å². The fraction of sp³-hybridized carbons (Fsp3) is 0.625. The summed E-state index contributed by atoms with van der Waals surface area (Å²) in [5, 5.41) is 4.62. The van der Waals surface area contributed by atoms with Crippen LogP contribution in [0, 0.1) is 0 Å². The quantitative estimate of drug-likeness (QED) is 0.481. The Bertz CT molecular complexity index is 242. The van der Waals surface area contributed by atoms with E-state index >= 15 is 0 Å². The molecule has 3 amide bonds. The number of urea groups is 1. The van der Waals surface area contributed by atoms with E-state index in [2.05, 4.69) is 15.4 Å². The van der Waals surface area contributed by atoms with E-state index in [9.17, 15) is 14.4 Å². The van der Waals surface area contributed by atoms with Crippen LogP contribution < -0.4 is 16.4 Å². The molecule has 7 nitrogen and oxygen atoms in total. The molecule has 4 N–H and O–H groups in total. The molecule has 0 unspecified atom stereocenters. The van der Waals surface area contributed by atoms with Gasteiger partial charge in [0, 0.05) is 13.0 Å². The molecule has 86 valence electrons. The topological polar surface area (TPSA) is 111 Å². The molecule has 0 heterocycles. The third-order valence-corrected chi connectivity index (χ3v) is 1.36. The lowest BCUT2D eigenvalue weighted by Crippen LogP contribution is -2.40. The molecule has 0 saturated carbocycles. The lowest BCUT2D eigenvalue weighted by atomic mass is 10.4. The van der Waals surface area contributed by atoms with Crippen LogP contribution in [0.15, 0.2) is 0 Å². The summed E-state index contributed by atoms with van der Waals surface area (Å²) in [6.07, 6.45) is 0.0623. The van der Waals surface area contributed by atoms with Gasteiger partial charge in [0.25, 0.3) is 0 Å².